The predicted octanol–water partition coefficient (Wildman–Crippen LogP) is 2.97. The Bertz CT molecular complexity index is 1150. The largest absolute Gasteiger partial charge is 0.344 e. The van der Waals surface area contributed by atoms with Crippen molar-refractivity contribution >= 4 is 23.3 Å². The van der Waals surface area contributed by atoms with Gasteiger partial charge < -0.3 is 20.1 Å². The summed E-state index contributed by atoms with van der Waals surface area (Å²) < 4.78 is 15.6. The lowest BCUT2D eigenvalue weighted by molar-refractivity contribution is -0.144. The van der Waals surface area contributed by atoms with Crippen LogP contribution in [0.25, 0.3) is 11.3 Å². The van der Waals surface area contributed by atoms with Crippen LogP contribution in [0.4, 0.5) is 15.9 Å². The SMILES string of the molecule is Cc1ccc(Nc2c(-c3ccc(F)cc3)nc3n2CCN(C(=O)[C@@H]2CC(=O)N2)C3)cc1. The van der Waals surface area contributed by atoms with Crippen LogP contribution in [0.5, 0.6) is 0 Å². The summed E-state index contributed by atoms with van der Waals surface area (Å²) in [6.45, 7) is 3.49. The number of β-lactam (4-membered cyclic amide) rings is 1. The Morgan fingerprint density at radius 3 is 2.52 bits per heavy atom. The fourth-order valence-electron chi connectivity index (χ4n) is 3.96. The number of nitrogens with one attached hydrogen (secondary N) is 2. The van der Waals surface area contributed by atoms with Gasteiger partial charge in [0.2, 0.25) is 11.8 Å². The molecule has 2 aromatic carbocycles. The Morgan fingerprint density at radius 1 is 1.13 bits per heavy atom. The van der Waals surface area contributed by atoms with Gasteiger partial charge in [0.25, 0.3) is 0 Å². The fourth-order valence-corrected chi connectivity index (χ4v) is 3.96. The van der Waals surface area contributed by atoms with Gasteiger partial charge in [-0.25, -0.2) is 9.37 Å². The third-order valence-electron chi connectivity index (χ3n) is 5.74. The molecule has 0 saturated carbocycles. The van der Waals surface area contributed by atoms with Crippen molar-refractivity contribution in [1.82, 2.24) is 19.8 Å². The second-order valence-corrected chi connectivity index (χ2v) is 7.96. The Balaban J connectivity index is 1.49. The maximum absolute atomic E-state index is 13.5. The number of fused-ring (bicyclic) bond motifs is 1. The number of aryl methyl sites for hydroxylation is 1. The molecule has 1 fully saturated rings. The third-order valence-corrected chi connectivity index (χ3v) is 5.74. The van der Waals surface area contributed by atoms with Crippen molar-refractivity contribution in [3.05, 3.63) is 65.7 Å². The van der Waals surface area contributed by atoms with E-state index in [9.17, 15) is 14.0 Å². The van der Waals surface area contributed by atoms with Gasteiger partial charge in [0.05, 0.1) is 13.0 Å². The zero-order valence-corrected chi connectivity index (χ0v) is 17.1. The first kappa shape index (κ1) is 19.3. The van der Waals surface area contributed by atoms with Crippen LogP contribution in [0.2, 0.25) is 0 Å². The zero-order chi connectivity index (χ0) is 21.5. The van der Waals surface area contributed by atoms with Gasteiger partial charge in [-0.3, -0.25) is 9.59 Å². The number of nitrogens with zero attached hydrogens (tertiary/aromatic N) is 3. The molecule has 1 saturated heterocycles. The van der Waals surface area contributed by atoms with Crippen LogP contribution in [0.1, 0.15) is 17.8 Å². The van der Waals surface area contributed by atoms with Gasteiger partial charge in [-0.15, -0.1) is 0 Å². The van der Waals surface area contributed by atoms with Crippen molar-refractivity contribution in [2.75, 3.05) is 11.9 Å². The Morgan fingerprint density at radius 2 is 1.84 bits per heavy atom. The molecule has 2 amide bonds. The van der Waals surface area contributed by atoms with Crippen molar-refractivity contribution in [2.45, 2.75) is 32.5 Å². The standard InChI is InChI=1S/C23H22FN5O2/c1-14-2-8-17(9-3-14)25-22-21(15-4-6-16(24)7-5-15)27-19-13-28(10-11-29(19)22)23(31)18-12-20(30)26-18/h2-9,18,25H,10-13H2,1H3,(H,26,30)/t18-/m0/s1. The number of rotatable bonds is 4. The van der Waals surface area contributed by atoms with E-state index in [4.69, 9.17) is 4.98 Å². The smallest absolute Gasteiger partial charge is 0.246 e. The molecule has 2 aliphatic heterocycles. The van der Waals surface area contributed by atoms with E-state index in [1.165, 1.54) is 12.1 Å². The molecule has 2 aliphatic rings. The Labute approximate surface area is 178 Å². The lowest BCUT2D eigenvalue weighted by atomic mass is 10.0. The highest BCUT2D eigenvalue weighted by molar-refractivity contribution is 5.97. The van der Waals surface area contributed by atoms with Gasteiger partial charge >= 0.3 is 0 Å². The first-order valence-electron chi connectivity index (χ1n) is 10.2. The molecule has 0 aliphatic carbocycles. The predicted molar refractivity (Wildman–Crippen MR) is 114 cm³/mol. The molecule has 7 nitrogen and oxygen atoms in total. The molecule has 8 heteroatoms. The molecule has 31 heavy (non-hydrogen) atoms. The molecule has 3 aromatic rings. The number of aromatic nitrogens is 2. The number of anilines is 2. The summed E-state index contributed by atoms with van der Waals surface area (Å²) in [5.41, 5.74) is 3.59. The van der Waals surface area contributed by atoms with E-state index < -0.39 is 6.04 Å². The number of carbonyl (C=O) groups is 2. The van der Waals surface area contributed by atoms with Crippen LogP contribution in [0.15, 0.2) is 48.5 Å². The average molecular weight is 419 g/mol. The van der Waals surface area contributed by atoms with E-state index in [-0.39, 0.29) is 24.1 Å². The van der Waals surface area contributed by atoms with Crippen LogP contribution in [0.3, 0.4) is 0 Å². The lowest BCUT2D eigenvalue weighted by Crippen LogP contribution is -2.58. The summed E-state index contributed by atoms with van der Waals surface area (Å²) >= 11 is 0. The van der Waals surface area contributed by atoms with Crippen molar-refractivity contribution in [3.8, 4) is 11.3 Å². The highest BCUT2D eigenvalue weighted by Gasteiger charge is 2.37. The number of benzene rings is 2. The second kappa shape index (κ2) is 7.54. The highest BCUT2D eigenvalue weighted by atomic mass is 19.1. The summed E-state index contributed by atoms with van der Waals surface area (Å²) in [6, 6.07) is 13.9. The van der Waals surface area contributed by atoms with Gasteiger partial charge in [-0.2, -0.15) is 0 Å². The molecular formula is C23H22FN5O2. The second-order valence-electron chi connectivity index (χ2n) is 7.96. The number of amides is 2. The number of imidazole rings is 1. The molecule has 1 aromatic heterocycles. The minimum absolute atomic E-state index is 0.0785. The Kier molecular flexibility index (Phi) is 4.69. The topological polar surface area (TPSA) is 79.3 Å². The molecule has 3 heterocycles. The van der Waals surface area contributed by atoms with Crippen LogP contribution in [-0.2, 0) is 22.7 Å². The van der Waals surface area contributed by atoms with Gasteiger partial charge in [-0.1, -0.05) is 17.7 Å². The quantitative estimate of drug-likeness (QED) is 0.638. The van der Waals surface area contributed by atoms with Gasteiger partial charge in [0.15, 0.2) is 0 Å². The molecule has 0 radical (unpaired) electrons. The molecule has 158 valence electrons. The van der Waals surface area contributed by atoms with Crippen LogP contribution in [0, 0.1) is 12.7 Å². The van der Waals surface area contributed by atoms with Crippen LogP contribution < -0.4 is 10.6 Å². The van der Waals surface area contributed by atoms with Gasteiger partial charge in [0, 0.05) is 24.3 Å². The van der Waals surface area contributed by atoms with E-state index in [1.54, 1.807) is 17.0 Å². The first-order valence-corrected chi connectivity index (χ1v) is 10.2. The normalized spacial score (nSPS) is 17.5. The van der Waals surface area contributed by atoms with Gasteiger partial charge in [0.1, 0.15) is 29.2 Å². The van der Waals surface area contributed by atoms with E-state index in [1.807, 2.05) is 31.2 Å². The van der Waals surface area contributed by atoms with Crippen molar-refractivity contribution in [3.63, 3.8) is 0 Å². The van der Waals surface area contributed by atoms with Crippen molar-refractivity contribution < 1.29 is 14.0 Å². The fraction of sp³-hybridized carbons (Fsp3) is 0.261. The minimum atomic E-state index is -0.435. The summed E-state index contributed by atoms with van der Waals surface area (Å²) in [6.07, 6.45) is 0.241. The van der Waals surface area contributed by atoms with Crippen molar-refractivity contribution in [2.24, 2.45) is 0 Å². The summed E-state index contributed by atoms with van der Waals surface area (Å²) in [5.74, 6) is 1.08. The Hall–Kier alpha value is -3.68. The number of hydrogen-bond donors (Lipinski definition) is 2. The molecule has 0 spiro atoms. The molecule has 0 bridgehead atoms. The average Bonchev–Trinajstić information content (AvgIpc) is 3.10. The minimum Gasteiger partial charge on any atom is -0.344 e. The van der Waals surface area contributed by atoms with E-state index in [2.05, 4.69) is 15.2 Å². The molecule has 0 unspecified atom stereocenters. The number of carbonyl (C=O) groups excluding carboxylic acids is 2. The van der Waals surface area contributed by atoms with Crippen molar-refractivity contribution in [1.29, 1.82) is 0 Å². The lowest BCUT2D eigenvalue weighted by Gasteiger charge is -2.34. The zero-order valence-electron chi connectivity index (χ0n) is 17.1. The summed E-state index contributed by atoms with van der Waals surface area (Å²) in [4.78, 5) is 30.4. The molecular weight excluding hydrogens is 397 g/mol. The maximum Gasteiger partial charge on any atom is 0.246 e. The third kappa shape index (κ3) is 3.65. The molecule has 5 rings (SSSR count). The highest BCUT2D eigenvalue weighted by Crippen LogP contribution is 2.33. The van der Waals surface area contributed by atoms with E-state index in [0.29, 0.717) is 25.3 Å². The maximum atomic E-state index is 13.5. The monoisotopic (exact) mass is 419 g/mol. The van der Waals surface area contributed by atoms with Crippen LogP contribution >= 0.6 is 0 Å². The van der Waals surface area contributed by atoms with Crippen LogP contribution in [-0.4, -0.2) is 38.9 Å². The molecule has 1 atom stereocenters. The first-order chi connectivity index (χ1) is 15.0. The number of hydrogen-bond acceptors (Lipinski definition) is 4. The number of halogens is 1. The van der Waals surface area contributed by atoms with Gasteiger partial charge in [-0.05, 0) is 43.3 Å². The molecule has 2 N–H and O–H groups in total. The summed E-state index contributed by atoms with van der Waals surface area (Å²) in [7, 11) is 0. The summed E-state index contributed by atoms with van der Waals surface area (Å²) in [5, 5.41) is 6.11. The van der Waals surface area contributed by atoms with E-state index in [0.717, 1.165) is 28.5 Å². The van der Waals surface area contributed by atoms with E-state index >= 15 is 0 Å².